The second-order valence-corrected chi connectivity index (χ2v) is 5.34. The topological polar surface area (TPSA) is 115 Å². The van der Waals surface area contributed by atoms with Gasteiger partial charge in [-0.15, -0.1) is 0 Å². The third-order valence-corrected chi connectivity index (χ3v) is 3.45. The molecule has 0 aromatic rings. The highest BCUT2D eigenvalue weighted by molar-refractivity contribution is 4.31. The van der Waals surface area contributed by atoms with E-state index in [1.807, 2.05) is 0 Å². The van der Waals surface area contributed by atoms with E-state index in [0.717, 1.165) is 11.0 Å². The molecule has 6 nitrogen and oxygen atoms in total. The van der Waals surface area contributed by atoms with Crippen LogP contribution in [0, 0.1) is 0 Å². The predicted octanol–water partition coefficient (Wildman–Crippen LogP) is -0.906. The maximum atomic E-state index is 8.39. The van der Waals surface area contributed by atoms with Crippen molar-refractivity contribution in [2.75, 3.05) is 60.5 Å². The van der Waals surface area contributed by atoms with E-state index in [4.69, 9.17) is 5.11 Å². The molecular formula is C13H40N2O4+2. The van der Waals surface area contributed by atoms with Crippen LogP contribution in [0.2, 0.25) is 0 Å². The maximum Gasteiger partial charge on any atom is 0.101 e. The number of hydrogen-bond acceptors (Lipinski definition) is 1. The number of aliphatic hydroxyl groups excluding tert-OH is 1. The molecule has 6 heteroatoms. The van der Waals surface area contributed by atoms with Crippen LogP contribution < -0.4 is 0 Å². The summed E-state index contributed by atoms with van der Waals surface area (Å²) in [4.78, 5) is 0. The van der Waals surface area contributed by atoms with Crippen molar-refractivity contribution in [3.63, 3.8) is 0 Å². The van der Waals surface area contributed by atoms with E-state index in [2.05, 4.69) is 48.8 Å². The van der Waals surface area contributed by atoms with E-state index >= 15 is 0 Å². The molecule has 0 aliphatic rings. The number of hydrogen-bond donors (Lipinski definition) is 1. The van der Waals surface area contributed by atoms with Crippen molar-refractivity contribution in [2.45, 2.75) is 27.7 Å². The normalized spacial score (nSPS) is 10.1. The second-order valence-electron chi connectivity index (χ2n) is 5.34. The highest BCUT2D eigenvalue weighted by atomic mass is 16.3. The lowest BCUT2D eigenvalue weighted by atomic mass is 10.3. The summed E-state index contributed by atoms with van der Waals surface area (Å²) in [5, 5.41) is 8.39. The van der Waals surface area contributed by atoms with E-state index in [1.165, 1.54) is 30.7 Å². The standard InChI is InChI=1S/C8H20N.C5H14NO.3H2O/c1-5-9(6-2,7-3)8-4;1-6(2,3)4-5-7;;;/h5-8H2,1-4H3;7H,4-5H2,1-3H3;3*1H2/q2*+1;;;. The minimum absolute atomic E-state index is 0. The number of rotatable bonds is 6. The minimum Gasteiger partial charge on any atom is -0.412 e. The Morgan fingerprint density at radius 3 is 0.947 bits per heavy atom. The van der Waals surface area contributed by atoms with E-state index in [9.17, 15) is 0 Å². The summed E-state index contributed by atoms with van der Waals surface area (Å²) in [6, 6.07) is 0. The zero-order valence-corrected chi connectivity index (χ0v) is 14.1. The molecule has 0 aliphatic heterocycles. The van der Waals surface area contributed by atoms with Gasteiger partial charge >= 0.3 is 0 Å². The summed E-state index contributed by atoms with van der Waals surface area (Å²) in [5.74, 6) is 0. The van der Waals surface area contributed by atoms with Crippen LogP contribution in [-0.2, 0) is 0 Å². The Hall–Kier alpha value is -0.240. The molecule has 19 heavy (non-hydrogen) atoms. The van der Waals surface area contributed by atoms with Crippen molar-refractivity contribution in [1.29, 1.82) is 0 Å². The summed E-state index contributed by atoms with van der Waals surface area (Å²) >= 11 is 0. The van der Waals surface area contributed by atoms with Gasteiger partial charge in [0.25, 0.3) is 0 Å². The third kappa shape index (κ3) is 17.8. The Balaban J connectivity index is -0.0000000607. The monoisotopic (exact) mass is 288 g/mol. The van der Waals surface area contributed by atoms with Gasteiger partial charge in [-0.3, -0.25) is 0 Å². The molecule has 7 N–H and O–H groups in total. The average molecular weight is 288 g/mol. The molecule has 0 unspecified atom stereocenters. The van der Waals surface area contributed by atoms with Gasteiger partial charge in [-0.2, -0.15) is 0 Å². The Labute approximate surface area is 119 Å². The predicted molar refractivity (Wildman–Crippen MR) is 83.3 cm³/mol. The molecule has 0 saturated heterocycles. The van der Waals surface area contributed by atoms with Gasteiger partial charge in [0, 0.05) is 0 Å². The van der Waals surface area contributed by atoms with Crippen LogP contribution in [0.5, 0.6) is 0 Å². The Morgan fingerprint density at radius 2 is 0.947 bits per heavy atom. The summed E-state index contributed by atoms with van der Waals surface area (Å²) in [6.07, 6.45) is 0. The molecule has 0 heterocycles. The van der Waals surface area contributed by atoms with E-state index in [1.54, 1.807) is 0 Å². The molecule has 0 bridgehead atoms. The molecule has 0 radical (unpaired) electrons. The summed E-state index contributed by atoms with van der Waals surface area (Å²) < 4.78 is 2.12. The van der Waals surface area contributed by atoms with E-state index in [-0.39, 0.29) is 23.0 Å². The molecule has 0 aliphatic carbocycles. The minimum atomic E-state index is 0. The van der Waals surface area contributed by atoms with Crippen LogP contribution >= 0.6 is 0 Å². The van der Waals surface area contributed by atoms with Gasteiger partial charge in [-0.25, -0.2) is 0 Å². The Kier molecular flexibility index (Phi) is 26.0. The quantitative estimate of drug-likeness (QED) is 0.626. The lowest BCUT2D eigenvalue weighted by Crippen LogP contribution is -2.47. The Morgan fingerprint density at radius 1 is 0.684 bits per heavy atom. The first kappa shape index (κ1) is 31.3. The fourth-order valence-electron chi connectivity index (χ4n) is 1.64. The first-order chi connectivity index (χ1) is 7.30. The number of likely N-dealkylation sites (N-methyl/N-ethyl adjacent to an activating group) is 1. The van der Waals surface area contributed by atoms with Crippen LogP contribution in [0.3, 0.4) is 0 Å². The fourth-order valence-corrected chi connectivity index (χ4v) is 1.64. The molecule has 0 rings (SSSR count). The number of aliphatic hydroxyl groups is 1. The van der Waals surface area contributed by atoms with E-state index < -0.39 is 0 Å². The van der Waals surface area contributed by atoms with Gasteiger partial charge < -0.3 is 30.5 Å². The van der Waals surface area contributed by atoms with Gasteiger partial charge in [0.15, 0.2) is 0 Å². The van der Waals surface area contributed by atoms with Crippen LogP contribution in [-0.4, -0.2) is 91.0 Å². The third-order valence-electron chi connectivity index (χ3n) is 3.45. The average Bonchev–Trinajstić information content (AvgIpc) is 2.21. The first-order valence-corrected chi connectivity index (χ1v) is 6.57. The number of quaternary nitrogens is 2. The van der Waals surface area contributed by atoms with Crippen molar-refractivity contribution in [3.8, 4) is 0 Å². The zero-order valence-electron chi connectivity index (χ0n) is 14.1. The smallest absolute Gasteiger partial charge is 0.101 e. The van der Waals surface area contributed by atoms with Gasteiger partial charge in [-0.1, -0.05) is 0 Å². The number of nitrogens with zero attached hydrogens (tertiary/aromatic N) is 2. The maximum absolute atomic E-state index is 8.39. The summed E-state index contributed by atoms with van der Waals surface area (Å²) in [7, 11) is 6.16. The van der Waals surface area contributed by atoms with Crippen LogP contribution in [0.25, 0.3) is 0 Å². The largest absolute Gasteiger partial charge is 0.412 e. The second kappa shape index (κ2) is 15.8. The van der Waals surface area contributed by atoms with Crippen molar-refractivity contribution >= 4 is 0 Å². The molecule has 0 aromatic carbocycles. The molecular weight excluding hydrogens is 248 g/mol. The molecule has 0 saturated carbocycles. The van der Waals surface area contributed by atoms with Gasteiger partial charge in [-0.05, 0) is 27.7 Å². The molecule has 0 fully saturated rings. The molecule has 0 atom stereocenters. The van der Waals surface area contributed by atoms with E-state index in [0.29, 0.717) is 0 Å². The van der Waals surface area contributed by atoms with Crippen molar-refractivity contribution in [3.05, 3.63) is 0 Å². The summed E-state index contributed by atoms with van der Waals surface area (Å²) in [5.41, 5.74) is 0. The highest BCUT2D eigenvalue weighted by Gasteiger charge is 2.16. The molecule has 0 amide bonds. The van der Waals surface area contributed by atoms with Gasteiger partial charge in [0.2, 0.25) is 0 Å². The van der Waals surface area contributed by atoms with Crippen molar-refractivity contribution < 1.29 is 30.5 Å². The van der Waals surface area contributed by atoms with Crippen LogP contribution in [0.15, 0.2) is 0 Å². The fraction of sp³-hybridized carbons (Fsp3) is 1.00. The van der Waals surface area contributed by atoms with Crippen molar-refractivity contribution in [1.82, 2.24) is 0 Å². The van der Waals surface area contributed by atoms with Gasteiger partial charge in [0.05, 0.1) is 53.9 Å². The first-order valence-electron chi connectivity index (χ1n) is 6.57. The highest BCUT2D eigenvalue weighted by Crippen LogP contribution is 2.03. The van der Waals surface area contributed by atoms with Crippen molar-refractivity contribution in [2.24, 2.45) is 0 Å². The zero-order chi connectivity index (χ0) is 13.2. The Bertz CT molecular complexity index is 140. The van der Waals surface area contributed by atoms with Crippen LogP contribution in [0.1, 0.15) is 27.7 Å². The SMILES string of the molecule is CC[N+](CC)(CC)CC.C[N+](C)(C)CCO.O.O.O. The summed E-state index contributed by atoms with van der Waals surface area (Å²) in [6.45, 7) is 15.3. The molecule has 0 aromatic heterocycles. The lowest BCUT2D eigenvalue weighted by molar-refractivity contribution is -0.921. The molecule has 0 spiro atoms. The van der Waals surface area contributed by atoms with Crippen LogP contribution in [0.4, 0.5) is 0 Å². The lowest BCUT2D eigenvalue weighted by Gasteiger charge is -2.34. The van der Waals surface area contributed by atoms with Gasteiger partial charge in [0.1, 0.15) is 6.54 Å². The molecule has 124 valence electrons.